The van der Waals surface area contributed by atoms with Crippen molar-refractivity contribution in [3.8, 4) is 0 Å². The molecule has 114 valence electrons. The summed E-state index contributed by atoms with van der Waals surface area (Å²) in [4.78, 5) is 37.2. The van der Waals surface area contributed by atoms with E-state index >= 15 is 0 Å². The quantitative estimate of drug-likeness (QED) is 0.690. The van der Waals surface area contributed by atoms with Crippen LogP contribution in [0.2, 0.25) is 0 Å². The van der Waals surface area contributed by atoms with Crippen LogP contribution in [-0.2, 0) is 14.4 Å². The van der Waals surface area contributed by atoms with E-state index in [2.05, 4.69) is 0 Å². The lowest BCUT2D eigenvalue weighted by Crippen LogP contribution is -2.51. The van der Waals surface area contributed by atoms with Crippen molar-refractivity contribution in [2.45, 2.75) is 45.4 Å². The maximum Gasteiger partial charge on any atom is 0.178 e. The number of rotatable bonds is 0. The lowest BCUT2D eigenvalue weighted by Gasteiger charge is -2.49. The van der Waals surface area contributed by atoms with Gasteiger partial charge >= 0.3 is 0 Å². The van der Waals surface area contributed by atoms with Crippen molar-refractivity contribution >= 4 is 17.3 Å². The molecule has 0 amide bonds. The van der Waals surface area contributed by atoms with Crippen LogP contribution in [0.5, 0.6) is 0 Å². The summed E-state index contributed by atoms with van der Waals surface area (Å²) in [7, 11) is 0. The highest BCUT2D eigenvalue weighted by atomic mass is 16.1. The molecular weight excluding hydrogens is 276 g/mol. The van der Waals surface area contributed by atoms with Crippen LogP contribution in [0.15, 0.2) is 23.8 Å². The van der Waals surface area contributed by atoms with Crippen LogP contribution in [0.4, 0.5) is 0 Å². The van der Waals surface area contributed by atoms with E-state index in [0.29, 0.717) is 30.5 Å². The topological polar surface area (TPSA) is 51.2 Å². The molecular formula is C19H20O3. The summed E-state index contributed by atoms with van der Waals surface area (Å²) in [5.74, 6) is 1.34. The zero-order valence-electron chi connectivity index (χ0n) is 12.9. The number of ketones is 3. The summed E-state index contributed by atoms with van der Waals surface area (Å²) >= 11 is 0. The monoisotopic (exact) mass is 296 g/mol. The zero-order valence-corrected chi connectivity index (χ0v) is 12.9. The van der Waals surface area contributed by atoms with Gasteiger partial charge in [0.1, 0.15) is 11.6 Å². The van der Waals surface area contributed by atoms with Crippen LogP contribution in [0.3, 0.4) is 0 Å². The van der Waals surface area contributed by atoms with Crippen molar-refractivity contribution in [1.82, 2.24) is 0 Å². The molecule has 4 fully saturated rings. The SMILES string of the molecule is C[C@@]12CC(=O)C34CC35C=CC(=O)C=C5CCC4[C@@H]1CCC2=O. The molecule has 5 aliphatic carbocycles. The lowest BCUT2D eigenvalue weighted by atomic mass is 9.52. The summed E-state index contributed by atoms with van der Waals surface area (Å²) in [6.45, 7) is 2.03. The van der Waals surface area contributed by atoms with E-state index in [9.17, 15) is 14.4 Å². The molecule has 0 aliphatic heterocycles. The van der Waals surface area contributed by atoms with E-state index in [1.165, 1.54) is 5.57 Å². The minimum absolute atomic E-state index is 0.0604. The molecule has 3 nitrogen and oxygen atoms in total. The van der Waals surface area contributed by atoms with Crippen LogP contribution >= 0.6 is 0 Å². The third-order valence-corrected chi connectivity index (χ3v) is 7.66. The normalized spacial score (nSPS) is 51.7. The second-order valence-corrected chi connectivity index (χ2v) is 8.26. The molecule has 0 aromatic carbocycles. The van der Waals surface area contributed by atoms with Crippen molar-refractivity contribution in [1.29, 1.82) is 0 Å². The Bertz CT molecular complexity index is 714. The Labute approximate surface area is 129 Å². The van der Waals surface area contributed by atoms with Gasteiger partial charge in [0, 0.05) is 29.1 Å². The minimum atomic E-state index is -0.411. The average molecular weight is 296 g/mol. The average Bonchev–Trinajstić information content (AvgIpc) is 3.08. The van der Waals surface area contributed by atoms with Gasteiger partial charge in [-0.25, -0.2) is 0 Å². The fourth-order valence-corrected chi connectivity index (χ4v) is 6.56. The second kappa shape index (κ2) is 3.52. The Morgan fingerprint density at radius 3 is 2.64 bits per heavy atom. The predicted octanol–water partition coefficient (Wildman–Crippen LogP) is 2.80. The fourth-order valence-electron chi connectivity index (χ4n) is 6.56. The number of Topliss-reactive ketones (excluding diaryl/α,β-unsaturated/α-hetero) is 2. The molecule has 0 saturated heterocycles. The van der Waals surface area contributed by atoms with Crippen molar-refractivity contribution in [2.24, 2.45) is 28.1 Å². The molecule has 3 heteroatoms. The van der Waals surface area contributed by atoms with Gasteiger partial charge in [0.2, 0.25) is 0 Å². The van der Waals surface area contributed by atoms with Gasteiger partial charge < -0.3 is 0 Å². The van der Waals surface area contributed by atoms with Crippen molar-refractivity contribution < 1.29 is 14.4 Å². The minimum Gasteiger partial charge on any atom is -0.299 e. The van der Waals surface area contributed by atoms with Crippen molar-refractivity contribution in [3.05, 3.63) is 23.8 Å². The van der Waals surface area contributed by atoms with Gasteiger partial charge in [-0.15, -0.1) is 0 Å². The van der Waals surface area contributed by atoms with E-state index in [-0.39, 0.29) is 22.4 Å². The maximum atomic E-state index is 13.1. The number of carbonyl (C=O) groups excluding carboxylic acids is 3. The van der Waals surface area contributed by atoms with Gasteiger partial charge in [0.15, 0.2) is 5.78 Å². The van der Waals surface area contributed by atoms with Crippen molar-refractivity contribution in [2.75, 3.05) is 0 Å². The number of hydrogen-bond acceptors (Lipinski definition) is 3. The third-order valence-electron chi connectivity index (χ3n) is 7.66. The van der Waals surface area contributed by atoms with Crippen LogP contribution < -0.4 is 0 Å². The van der Waals surface area contributed by atoms with Gasteiger partial charge in [0.05, 0.1) is 0 Å². The zero-order chi connectivity index (χ0) is 15.3. The third kappa shape index (κ3) is 1.14. The molecule has 22 heavy (non-hydrogen) atoms. The molecule has 2 spiro atoms. The summed E-state index contributed by atoms with van der Waals surface area (Å²) in [5.41, 5.74) is 0.306. The highest BCUT2D eigenvalue weighted by molar-refractivity contribution is 6.04. The van der Waals surface area contributed by atoms with E-state index < -0.39 is 5.41 Å². The van der Waals surface area contributed by atoms with Crippen molar-refractivity contribution in [3.63, 3.8) is 0 Å². The van der Waals surface area contributed by atoms with E-state index in [0.717, 1.165) is 25.7 Å². The molecule has 5 aliphatic rings. The first-order valence-corrected chi connectivity index (χ1v) is 8.45. The number of carbonyl (C=O) groups is 3. The summed E-state index contributed by atoms with van der Waals surface area (Å²) in [6, 6.07) is 0. The first-order valence-electron chi connectivity index (χ1n) is 8.45. The first-order chi connectivity index (χ1) is 10.4. The Hall–Kier alpha value is -1.51. The highest BCUT2D eigenvalue weighted by Crippen LogP contribution is 2.81. The van der Waals surface area contributed by atoms with Gasteiger partial charge in [-0.2, -0.15) is 0 Å². The largest absolute Gasteiger partial charge is 0.299 e. The second-order valence-electron chi connectivity index (χ2n) is 8.26. The van der Waals surface area contributed by atoms with Crippen LogP contribution in [-0.4, -0.2) is 17.3 Å². The smallest absolute Gasteiger partial charge is 0.178 e. The highest BCUT2D eigenvalue weighted by Gasteiger charge is 2.80. The molecule has 0 aromatic heterocycles. The van der Waals surface area contributed by atoms with Gasteiger partial charge in [0.25, 0.3) is 0 Å². The lowest BCUT2D eigenvalue weighted by molar-refractivity contribution is -0.146. The number of fused-ring (bicyclic) bond motifs is 2. The molecule has 5 atom stereocenters. The Morgan fingerprint density at radius 1 is 1.05 bits per heavy atom. The molecule has 0 bridgehead atoms. The van der Waals surface area contributed by atoms with Gasteiger partial charge in [-0.3, -0.25) is 14.4 Å². The standard InChI is InChI=1S/C19H20O3/c1-17-9-16(22)19-10-18(19)7-6-12(20)8-11(18)2-3-14(19)13(17)4-5-15(17)21/h6-8,13-14H,2-5,9-10H2,1H3/t13-,14?,17+,18?,19?/m0/s1. The van der Waals surface area contributed by atoms with Crippen LogP contribution in [0, 0.1) is 28.1 Å². The van der Waals surface area contributed by atoms with Gasteiger partial charge in [-0.1, -0.05) is 18.6 Å². The fraction of sp³-hybridized carbons (Fsp3) is 0.632. The molecule has 4 saturated carbocycles. The first kappa shape index (κ1) is 13.0. The Morgan fingerprint density at radius 2 is 1.82 bits per heavy atom. The Balaban J connectivity index is 1.64. The molecule has 0 aromatic rings. The Kier molecular flexibility index (Phi) is 2.08. The maximum absolute atomic E-state index is 13.1. The molecule has 0 radical (unpaired) electrons. The van der Waals surface area contributed by atoms with Gasteiger partial charge in [-0.05, 0) is 49.7 Å². The number of allylic oxidation sites excluding steroid dienone is 4. The predicted molar refractivity (Wildman–Crippen MR) is 79.9 cm³/mol. The van der Waals surface area contributed by atoms with Crippen LogP contribution in [0.25, 0.3) is 0 Å². The molecule has 5 rings (SSSR count). The summed E-state index contributed by atoms with van der Waals surface area (Å²) in [6.07, 6.45) is 10.2. The van der Waals surface area contributed by atoms with E-state index in [4.69, 9.17) is 0 Å². The molecule has 3 unspecified atom stereocenters. The van der Waals surface area contributed by atoms with Crippen LogP contribution in [0.1, 0.15) is 45.4 Å². The summed E-state index contributed by atoms with van der Waals surface area (Å²) in [5, 5.41) is 0. The number of hydrogen-bond donors (Lipinski definition) is 0. The van der Waals surface area contributed by atoms with E-state index in [1.54, 1.807) is 12.2 Å². The molecule has 0 N–H and O–H groups in total. The van der Waals surface area contributed by atoms with E-state index in [1.807, 2.05) is 13.0 Å². The summed E-state index contributed by atoms with van der Waals surface area (Å²) < 4.78 is 0. The molecule has 0 heterocycles.